The summed E-state index contributed by atoms with van der Waals surface area (Å²) in [7, 11) is 11.7. The summed E-state index contributed by atoms with van der Waals surface area (Å²) in [5, 5.41) is 0. The van der Waals surface area contributed by atoms with Crippen molar-refractivity contribution in [3.8, 4) is 17.2 Å². The minimum Gasteiger partial charge on any atom is -0.497 e. The lowest BCUT2D eigenvalue weighted by molar-refractivity contribution is -0.114. The number of carbonyl (C=O) groups is 2. The Morgan fingerprint density at radius 1 is 0.938 bits per heavy atom. The maximum Gasteiger partial charge on any atom is 0.250 e. The van der Waals surface area contributed by atoms with Gasteiger partial charge in [0.15, 0.2) is 5.84 Å². The van der Waals surface area contributed by atoms with E-state index in [1.807, 2.05) is 72.6 Å². The predicted octanol–water partition coefficient (Wildman–Crippen LogP) is 6.14. The van der Waals surface area contributed by atoms with Gasteiger partial charge in [0.05, 0.1) is 20.6 Å². The molecule has 2 radical (unpaired) electrons. The Kier molecular flexibility index (Phi) is 14.1. The average molecular weight is 649 g/mol. The molecule has 48 heavy (non-hydrogen) atoms. The molecule has 4 rings (SSSR count). The van der Waals surface area contributed by atoms with E-state index in [-0.39, 0.29) is 11.7 Å². The molecule has 2 amide bonds. The second-order valence-electron chi connectivity index (χ2n) is 11.0. The van der Waals surface area contributed by atoms with Crippen molar-refractivity contribution in [2.45, 2.75) is 32.6 Å². The number of aliphatic imine (C=N–C) groups is 1. The van der Waals surface area contributed by atoms with Gasteiger partial charge in [0, 0.05) is 56.0 Å². The van der Waals surface area contributed by atoms with Crippen molar-refractivity contribution in [1.29, 1.82) is 0 Å². The van der Waals surface area contributed by atoms with Gasteiger partial charge in [-0.3, -0.25) is 19.4 Å². The summed E-state index contributed by atoms with van der Waals surface area (Å²) in [6.07, 6.45) is 7.89. The molecule has 1 saturated carbocycles. The van der Waals surface area contributed by atoms with E-state index in [1.165, 1.54) is 35.7 Å². The van der Waals surface area contributed by atoms with Crippen molar-refractivity contribution in [3.05, 3.63) is 109 Å². The smallest absolute Gasteiger partial charge is 0.250 e. The van der Waals surface area contributed by atoms with Crippen LogP contribution < -0.4 is 29.9 Å². The van der Waals surface area contributed by atoms with Crippen LogP contribution in [0.2, 0.25) is 6.82 Å². The minimum atomic E-state index is -0.170. The third kappa shape index (κ3) is 9.86. The highest BCUT2D eigenvalue weighted by atomic mass is 16.5. The van der Waals surface area contributed by atoms with Crippen molar-refractivity contribution >= 4 is 43.1 Å². The van der Waals surface area contributed by atoms with Crippen LogP contribution in [0, 0.1) is 0 Å². The Balaban J connectivity index is 0.00000307. The number of benzene rings is 3. The molecule has 10 nitrogen and oxygen atoms in total. The van der Waals surface area contributed by atoms with Crippen molar-refractivity contribution in [3.63, 3.8) is 0 Å². The molecule has 1 aliphatic rings. The predicted molar refractivity (Wildman–Crippen MR) is 197 cm³/mol. The second-order valence-corrected chi connectivity index (χ2v) is 11.0. The second kappa shape index (κ2) is 18.2. The van der Waals surface area contributed by atoms with Gasteiger partial charge < -0.3 is 25.0 Å². The van der Waals surface area contributed by atoms with Crippen LogP contribution in [0.1, 0.15) is 19.8 Å². The SMILES string of the molecule is C=CN=C(/C(=C(\C)N)N(C)c1ccc(Oc2ccc(OC)cc2)cc1)N(C=O)c1cccc(N(C)C(=O)/C=C/CN(C)C2CC2)c1.[B]C. The Bertz CT molecular complexity index is 1610. The molecule has 3 aromatic rings. The molecule has 0 spiro atoms. The van der Waals surface area contributed by atoms with E-state index in [0.717, 1.165) is 11.4 Å². The van der Waals surface area contributed by atoms with Gasteiger partial charge in [-0.25, -0.2) is 4.99 Å². The lowest BCUT2D eigenvalue weighted by Gasteiger charge is -2.30. The van der Waals surface area contributed by atoms with Crippen molar-refractivity contribution in [1.82, 2.24) is 4.90 Å². The molecule has 2 N–H and O–H groups in total. The zero-order chi connectivity index (χ0) is 35.2. The molecule has 1 fully saturated rings. The monoisotopic (exact) mass is 648 g/mol. The summed E-state index contributed by atoms with van der Waals surface area (Å²) in [5.74, 6) is 2.16. The number of amidine groups is 1. The number of ether oxygens (including phenoxy) is 2. The summed E-state index contributed by atoms with van der Waals surface area (Å²) >= 11 is 0. The van der Waals surface area contributed by atoms with Crippen LogP contribution in [-0.4, -0.2) is 71.7 Å². The Morgan fingerprint density at radius 2 is 1.52 bits per heavy atom. The molecule has 0 saturated heterocycles. The number of nitrogens with zero attached hydrogens (tertiary/aromatic N) is 5. The molecule has 250 valence electrons. The van der Waals surface area contributed by atoms with Crippen molar-refractivity contribution in [2.24, 2.45) is 10.7 Å². The molecule has 0 aliphatic heterocycles. The van der Waals surface area contributed by atoms with Crippen molar-refractivity contribution in [2.75, 3.05) is 49.5 Å². The van der Waals surface area contributed by atoms with E-state index in [4.69, 9.17) is 15.2 Å². The highest BCUT2D eigenvalue weighted by molar-refractivity contribution is 6.20. The molecular formula is C37H45BN6O4. The van der Waals surface area contributed by atoms with Gasteiger partial charge in [-0.15, -0.1) is 0 Å². The van der Waals surface area contributed by atoms with Crippen LogP contribution in [0.5, 0.6) is 17.2 Å². The van der Waals surface area contributed by atoms with E-state index in [1.54, 1.807) is 45.4 Å². The number of methoxy groups -OCH3 is 1. The summed E-state index contributed by atoms with van der Waals surface area (Å²) in [4.78, 5) is 37.1. The molecule has 3 aromatic carbocycles. The Hall–Kier alpha value is -5.29. The van der Waals surface area contributed by atoms with E-state index < -0.39 is 0 Å². The maximum absolute atomic E-state index is 12.9. The van der Waals surface area contributed by atoms with Gasteiger partial charge in [-0.1, -0.05) is 25.5 Å². The molecule has 0 bridgehead atoms. The summed E-state index contributed by atoms with van der Waals surface area (Å²) in [5.41, 5.74) is 9.24. The number of amides is 2. The lowest BCUT2D eigenvalue weighted by atomic mass is 10.2. The van der Waals surface area contributed by atoms with E-state index in [0.29, 0.717) is 53.3 Å². The van der Waals surface area contributed by atoms with Gasteiger partial charge in [-0.05, 0) is 93.5 Å². The number of rotatable bonds is 14. The first-order valence-corrected chi connectivity index (χ1v) is 15.5. The van der Waals surface area contributed by atoms with E-state index in [9.17, 15) is 9.59 Å². The Morgan fingerprint density at radius 3 is 2.06 bits per heavy atom. The molecule has 0 unspecified atom stereocenters. The number of hydrogen-bond donors (Lipinski definition) is 1. The number of nitrogens with two attached hydrogens (primary N) is 1. The summed E-state index contributed by atoms with van der Waals surface area (Å²) < 4.78 is 11.2. The van der Waals surface area contributed by atoms with Gasteiger partial charge in [-0.2, -0.15) is 0 Å². The first kappa shape index (κ1) is 37.2. The first-order valence-electron chi connectivity index (χ1n) is 15.5. The van der Waals surface area contributed by atoms with Gasteiger partial charge in [0.1, 0.15) is 22.9 Å². The number of carbonyl (C=O) groups excluding carboxylic acids is 2. The third-order valence-corrected chi connectivity index (χ3v) is 7.64. The van der Waals surface area contributed by atoms with Crippen LogP contribution in [0.4, 0.5) is 17.1 Å². The molecular weight excluding hydrogens is 603 g/mol. The van der Waals surface area contributed by atoms with Gasteiger partial charge >= 0.3 is 0 Å². The maximum atomic E-state index is 12.9. The fraction of sp³-hybridized carbons (Fsp3) is 0.270. The van der Waals surface area contributed by atoms with Crippen LogP contribution >= 0.6 is 0 Å². The largest absolute Gasteiger partial charge is 0.497 e. The minimum absolute atomic E-state index is 0.170. The van der Waals surface area contributed by atoms with Crippen LogP contribution in [0.25, 0.3) is 0 Å². The zero-order valence-electron chi connectivity index (χ0n) is 28.7. The Labute approximate surface area is 285 Å². The highest BCUT2D eigenvalue weighted by Crippen LogP contribution is 2.30. The van der Waals surface area contributed by atoms with Crippen LogP contribution in [0.15, 0.2) is 114 Å². The number of allylic oxidation sites excluding steroid dienone is 1. The summed E-state index contributed by atoms with van der Waals surface area (Å²) in [6, 6.07) is 22.5. The molecule has 0 heterocycles. The third-order valence-electron chi connectivity index (χ3n) is 7.64. The normalized spacial score (nSPS) is 13.2. The number of likely N-dealkylation sites (N-methyl/N-ethyl adjacent to an activating group) is 3. The quantitative estimate of drug-likeness (QED) is 0.0737. The molecule has 0 atom stereocenters. The topological polar surface area (TPSA) is 104 Å². The fourth-order valence-electron chi connectivity index (χ4n) is 4.87. The van der Waals surface area contributed by atoms with Crippen LogP contribution in [0.3, 0.4) is 0 Å². The molecule has 1 aliphatic carbocycles. The van der Waals surface area contributed by atoms with E-state index in [2.05, 4.69) is 31.4 Å². The van der Waals surface area contributed by atoms with Crippen LogP contribution in [-0.2, 0) is 9.59 Å². The fourth-order valence-corrected chi connectivity index (χ4v) is 4.87. The average Bonchev–Trinajstić information content (AvgIpc) is 3.96. The number of hydrogen-bond acceptors (Lipinski definition) is 8. The van der Waals surface area contributed by atoms with E-state index >= 15 is 0 Å². The van der Waals surface area contributed by atoms with Gasteiger partial charge in [0.25, 0.3) is 0 Å². The molecule has 0 aromatic heterocycles. The van der Waals surface area contributed by atoms with Gasteiger partial charge in [0.2, 0.25) is 12.3 Å². The lowest BCUT2D eigenvalue weighted by Crippen LogP contribution is -2.38. The highest BCUT2D eigenvalue weighted by Gasteiger charge is 2.26. The summed E-state index contributed by atoms with van der Waals surface area (Å²) in [6.45, 7) is 7.72. The standard InChI is InChI=1S/C36H42N6O4.CH3B/c1-7-38-36(35(26(2)37)41(5)28-15-17-32(18-16-28)46-33-21-19-31(45-6)20-22-33)42(25-43)30-11-8-10-29(24-30)40(4)34(44)12-9-23-39(3)27-13-14-27;1-2/h7-12,15-22,24-25,27H,1,13-14,23,37H2,2-6H3;1H3/b12-9+,35-26-,38-36?;. The zero-order valence-corrected chi connectivity index (χ0v) is 28.7. The molecule has 11 heteroatoms. The van der Waals surface area contributed by atoms with Crippen molar-refractivity contribution < 1.29 is 19.1 Å². The number of anilines is 3. The first-order chi connectivity index (χ1) is 23.2.